The number of nitrogens with one attached hydrogen (secondary N) is 1. The minimum absolute atomic E-state index is 0.789. The Balaban J connectivity index is 1.88. The predicted molar refractivity (Wildman–Crippen MR) is 78.4 cm³/mol. The van der Waals surface area contributed by atoms with Gasteiger partial charge in [-0.1, -0.05) is 30.3 Å². The van der Waals surface area contributed by atoms with Gasteiger partial charge in [-0.15, -0.1) is 0 Å². The van der Waals surface area contributed by atoms with E-state index in [0.29, 0.717) is 0 Å². The van der Waals surface area contributed by atoms with Crippen molar-refractivity contribution < 1.29 is 0 Å². The molecule has 3 heteroatoms. The quantitative estimate of drug-likeness (QED) is 0.653. The van der Waals surface area contributed by atoms with Crippen LogP contribution in [0.3, 0.4) is 0 Å². The SMILES string of the molecule is c1ccc(N/N=C2\CCCCc3ccccc32)nc1. The largest absolute Gasteiger partial charge is 0.261 e. The van der Waals surface area contributed by atoms with Crippen LogP contribution in [0.5, 0.6) is 0 Å². The fourth-order valence-corrected chi connectivity index (χ4v) is 2.43. The lowest BCUT2D eigenvalue weighted by molar-refractivity contribution is 0.776. The normalized spacial score (nSPS) is 16.7. The van der Waals surface area contributed by atoms with Crippen LogP contribution in [0.2, 0.25) is 0 Å². The van der Waals surface area contributed by atoms with Gasteiger partial charge in [0.05, 0.1) is 5.71 Å². The molecule has 19 heavy (non-hydrogen) atoms. The van der Waals surface area contributed by atoms with Crippen molar-refractivity contribution in [3.63, 3.8) is 0 Å². The molecule has 0 atom stereocenters. The molecule has 1 heterocycles. The van der Waals surface area contributed by atoms with Gasteiger partial charge in [0.25, 0.3) is 0 Å². The summed E-state index contributed by atoms with van der Waals surface area (Å²) in [5.74, 6) is 0.789. The van der Waals surface area contributed by atoms with Crippen LogP contribution in [0.25, 0.3) is 0 Å². The number of hydrazone groups is 1. The molecule has 3 nitrogen and oxygen atoms in total. The molecule has 0 bridgehead atoms. The zero-order valence-corrected chi connectivity index (χ0v) is 10.8. The monoisotopic (exact) mass is 251 g/mol. The first kappa shape index (κ1) is 11.9. The van der Waals surface area contributed by atoms with Crippen LogP contribution < -0.4 is 5.43 Å². The summed E-state index contributed by atoms with van der Waals surface area (Å²) in [6.07, 6.45) is 6.37. The number of aromatic nitrogens is 1. The Morgan fingerprint density at radius 2 is 1.79 bits per heavy atom. The summed E-state index contributed by atoms with van der Waals surface area (Å²) in [6.45, 7) is 0. The summed E-state index contributed by atoms with van der Waals surface area (Å²) in [7, 11) is 0. The third-order valence-electron chi connectivity index (χ3n) is 3.41. The van der Waals surface area contributed by atoms with Gasteiger partial charge >= 0.3 is 0 Å². The van der Waals surface area contributed by atoms with E-state index >= 15 is 0 Å². The fraction of sp³-hybridized carbons (Fsp3) is 0.250. The molecule has 0 unspecified atom stereocenters. The van der Waals surface area contributed by atoms with E-state index in [-0.39, 0.29) is 0 Å². The first-order chi connectivity index (χ1) is 9.43. The van der Waals surface area contributed by atoms with Crippen LogP contribution in [0, 0.1) is 0 Å². The highest BCUT2D eigenvalue weighted by Crippen LogP contribution is 2.21. The third-order valence-corrected chi connectivity index (χ3v) is 3.41. The molecule has 0 radical (unpaired) electrons. The molecule has 0 fully saturated rings. The van der Waals surface area contributed by atoms with Crippen LogP contribution in [0.15, 0.2) is 53.8 Å². The lowest BCUT2D eigenvalue weighted by Crippen LogP contribution is -2.05. The second kappa shape index (κ2) is 5.65. The lowest BCUT2D eigenvalue weighted by atomic mass is 10.0. The molecule has 0 amide bonds. The van der Waals surface area contributed by atoms with E-state index in [9.17, 15) is 0 Å². The molecule has 0 saturated carbocycles. The molecule has 1 aromatic heterocycles. The number of benzene rings is 1. The number of nitrogens with zero attached hydrogens (tertiary/aromatic N) is 2. The number of hydrogen-bond donors (Lipinski definition) is 1. The van der Waals surface area contributed by atoms with Crippen molar-refractivity contribution in [1.82, 2.24) is 4.98 Å². The molecule has 1 aromatic carbocycles. The lowest BCUT2D eigenvalue weighted by Gasteiger charge is -2.08. The molecule has 96 valence electrons. The van der Waals surface area contributed by atoms with Gasteiger partial charge in [0.1, 0.15) is 5.82 Å². The average Bonchev–Trinajstić information content (AvgIpc) is 2.68. The van der Waals surface area contributed by atoms with Crippen molar-refractivity contribution in [2.24, 2.45) is 5.10 Å². The van der Waals surface area contributed by atoms with E-state index in [1.807, 2.05) is 18.2 Å². The standard InChI is InChI=1S/C16H17N3/c1-3-9-14-13(7-1)8-2-4-10-15(14)18-19-16-11-5-6-12-17-16/h1,3,5-7,9,11-12H,2,4,8,10H2,(H,17,19)/b18-15+. The number of rotatable bonds is 2. The molecule has 0 saturated heterocycles. The van der Waals surface area contributed by atoms with Gasteiger partial charge in [-0.05, 0) is 43.4 Å². The fourth-order valence-electron chi connectivity index (χ4n) is 2.43. The van der Waals surface area contributed by atoms with Crippen LogP contribution in [0.1, 0.15) is 30.4 Å². The summed E-state index contributed by atoms with van der Waals surface area (Å²) in [4.78, 5) is 4.22. The van der Waals surface area contributed by atoms with Crippen molar-refractivity contribution in [2.45, 2.75) is 25.7 Å². The minimum atomic E-state index is 0.789. The minimum Gasteiger partial charge on any atom is -0.261 e. The van der Waals surface area contributed by atoms with Crippen LogP contribution in [-0.4, -0.2) is 10.7 Å². The highest BCUT2D eigenvalue weighted by atomic mass is 15.3. The smallest absolute Gasteiger partial charge is 0.146 e. The molecule has 1 N–H and O–H groups in total. The Bertz CT molecular complexity index is 576. The van der Waals surface area contributed by atoms with Crippen molar-refractivity contribution in [3.05, 3.63) is 59.8 Å². The van der Waals surface area contributed by atoms with Gasteiger partial charge in [0.2, 0.25) is 0 Å². The van der Waals surface area contributed by atoms with Gasteiger partial charge in [0, 0.05) is 11.8 Å². The van der Waals surface area contributed by atoms with Crippen molar-refractivity contribution in [2.75, 3.05) is 5.43 Å². The first-order valence-electron chi connectivity index (χ1n) is 6.75. The second-order valence-corrected chi connectivity index (χ2v) is 4.75. The van der Waals surface area contributed by atoms with E-state index in [1.165, 1.54) is 24.0 Å². The molecular formula is C16H17N3. The Morgan fingerprint density at radius 3 is 2.68 bits per heavy atom. The maximum atomic E-state index is 4.56. The van der Waals surface area contributed by atoms with Crippen LogP contribution >= 0.6 is 0 Å². The van der Waals surface area contributed by atoms with Gasteiger partial charge in [0.15, 0.2) is 0 Å². The summed E-state index contributed by atoms with van der Waals surface area (Å²) < 4.78 is 0. The van der Waals surface area contributed by atoms with E-state index in [1.54, 1.807) is 6.20 Å². The number of hydrogen-bond acceptors (Lipinski definition) is 3. The third kappa shape index (κ3) is 2.81. The van der Waals surface area contributed by atoms with Crippen LogP contribution in [-0.2, 0) is 6.42 Å². The van der Waals surface area contributed by atoms with Crippen molar-refractivity contribution >= 4 is 11.5 Å². The van der Waals surface area contributed by atoms with E-state index in [0.717, 1.165) is 24.4 Å². The van der Waals surface area contributed by atoms with Gasteiger partial charge < -0.3 is 0 Å². The van der Waals surface area contributed by atoms with E-state index in [2.05, 4.69) is 39.8 Å². The molecule has 0 spiro atoms. The Morgan fingerprint density at radius 1 is 0.947 bits per heavy atom. The zero-order chi connectivity index (χ0) is 12.9. The van der Waals surface area contributed by atoms with Crippen molar-refractivity contribution in [3.8, 4) is 0 Å². The summed E-state index contributed by atoms with van der Waals surface area (Å²) in [5.41, 5.74) is 6.88. The molecule has 1 aliphatic rings. The highest BCUT2D eigenvalue weighted by Gasteiger charge is 2.13. The number of anilines is 1. The summed E-state index contributed by atoms with van der Waals surface area (Å²) in [5, 5.41) is 4.56. The summed E-state index contributed by atoms with van der Waals surface area (Å²) in [6, 6.07) is 14.3. The second-order valence-electron chi connectivity index (χ2n) is 4.75. The molecule has 1 aliphatic carbocycles. The average molecular weight is 251 g/mol. The first-order valence-corrected chi connectivity index (χ1v) is 6.75. The number of aryl methyl sites for hydroxylation is 1. The van der Waals surface area contributed by atoms with Crippen molar-refractivity contribution in [1.29, 1.82) is 0 Å². The number of pyridine rings is 1. The Hall–Kier alpha value is -2.16. The summed E-state index contributed by atoms with van der Waals surface area (Å²) >= 11 is 0. The van der Waals surface area contributed by atoms with E-state index in [4.69, 9.17) is 0 Å². The molecule has 0 aliphatic heterocycles. The van der Waals surface area contributed by atoms with Gasteiger partial charge in [-0.25, -0.2) is 4.98 Å². The number of fused-ring (bicyclic) bond motifs is 1. The Labute approximate surface area is 113 Å². The highest BCUT2D eigenvalue weighted by molar-refractivity contribution is 6.02. The van der Waals surface area contributed by atoms with Gasteiger partial charge in [-0.2, -0.15) is 5.10 Å². The Kier molecular flexibility index (Phi) is 3.54. The van der Waals surface area contributed by atoms with Crippen LogP contribution in [0.4, 0.5) is 5.82 Å². The molecular weight excluding hydrogens is 234 g/mol. The predicted octanol–water partition coefficient (Wildman–Crippen LogP) is 3.62. The molecule has 2 aromatic rings. The molecule has 3 rings (SSSR count). The van der Waals surface area contributed by atoms with E-state index < -0.39 is 0 Å². The topological polar surface area (TPSA) is 37.3 Å². The maximum Gasteiger partial charge on any atom is 0.146 e. The zero-order valence-electron chi connectivity index (χ0n) is 10.8. The van der Waals surface area contributed by atoms with Gasteiger partial charge in [-0.3, -0.25) is 5.43 Å². The maximum absolute atomic E-state index is 4.56.